The molecule has 2 aliphatic rings. The van der Waals surface area contributed by atoms with Crippen LogP contribution >= 0.6 is 7.81 Å². The van der Waals surface area contributed by atoms with Crippen LogP contribution in [0, 0.1) is 0 Å². The monoisotopic (exact) mass is 557 g/mol. The Hall–Kier alpha value is -1.75. The van der Waals surface area contributed by atoms with E-state index in [0.29, 0.717) is 9.63 Å². The van der Waals surface area contributed by atoms with Gasteiger partial charge in [0.15, 0.2) is 0 Å². The van der Waals surface area contributed by atoms with Gasteiger partial charge < -0.3 is 4.74 Å². The summed E-state index contributed by atoms with van der Waals surface area (Å²) >= 11 is 7.53. The van der Waals surface area contributed by atoms with Gasteiger partial charge in [-0.1, -0.05) is 36.4 Å². The van der Waals surface area contributed by atoms with Crippen molar-refractivity contribution < 1.29 is 61.9 Å². The quantitative estimate of drug-likeness (QED) is 0.203. The molecule has 178 valence electrons. The van der Waals surface area contributed by atoms with Crippen LogP contribution in [0.2, 0.25) is 9.63 Å². The first kappa shape index (κ1) is 28.3. The summed E-state index contributed by atoms with van der Waals surface area (Å²) in [4.78, 5) is 0.870. The molecule has 1 nitrogen and oxygen atoms in total. The zero-order valence-corrected chi connectivity index (χ0v) is 19.5. The normalized spacial score (nSPS) is 16.5. The molecule has 0 saturated carbocycles. The Morgan fingerprint density at radius 2 is 0.781 bits per heavy atom. The molecule has 0 fully saturated rings. The van der Waals surface area contributed by atoms with Crippen molar-refractivity contribution in [1.29, 1.82) is 0 Å². The molecule has 0 aromatic heterocycles. The Kier molecular flexibility index (Phi) is 10.5. The maximum Gasteiger partial charge on any atom is 0.127 e. The molecule has 0 aliphatic heterocycles. The summed E-state index contributed by atoms with van der Waals surface area (Å²) in [6, 6.07) is 19.5. The van der Waals surface area contributed by atoms with E-state index in [2.05, 4.69) is 56.3 Å². The van der Waals surface area contributed by atoms with Gasteiger partial charge in [-0.3, -0.25) is 0 Å². The van der Waals surface area contributed by atoms with Crippen molar-refractivity contribution in [3.8, 4) is 11.5 Å². The summed E-state index contributed by atoms with van der Waals surface area (Å²) in [5, 5.41) is 0. The molecule has 32 heavy (non-hydrogen) atoms. The van der Waals surface area contributed by atoms with Crippen molar-refractivity contribution in [2.24, 2.45) is 0 Å². The van der Waals surface area contributed by atoms with Gasteiger partial charge in [0.25, 0.3) is 0 Å². The second kappa shape index (κ2) is 11.9. The molecule has 2 aromatic rings. The zero-order chi connectivity index (χ0) is 24.2. The number of benzene rings is 2. The fourth-order valence-electron chi connectivity index (χ4n) is 1.91. The van der Waals surface area contributed by atoms with Crippen molar-refractivity contribution in [1.82, 2.24) is 0 Å². The number of rotatable bonds is 2. The zero-order valence-electron chi connectivity index (χ0n) is 16.4. The van der Waals surface area contributed by atoms with Crippen LogP contribution in [0.3, 0.4) is 0 Å². The fraction of sp³-hybridized carbons (Fsp3) is 0.0909. The van der Waals surface area contributed by atoms with Crippen LogP contribution in [0.15, 0.2) is 109 Å². The third-order valence-electron chi connectivity index (χ3n) is 3.11. The molecule has 0 bridgehead atoms. The van der Waals surface area contributed by atoms with E-state index in [-0.39, 0.29) is 0 Å². The van der Waals surface area contributed by atoms with Gasteiger partial charge in [-0.15, -0.1) is 0 Å². The number of allylic oxidation sites excluding steroid dienone is 8. The Bertz CT molecular complexity index is 829. The number of para-hydroxylation sites is 2. The molecule has 0 N–H and O–H groups in total. The molecular weight excluding hydrogens is 537 g/mol. The van der Waals surface area contributed by atoms with Gasteiger partial charge in [0.2, 0.25) is 0 Å². The second-order valence-corrected chi connectivity index (χ2v) is 9.47. The molecule has 0 unspecified atom stereocenters. The molecule has 0 atom stereocenters. The van der Waals surface area contributed by atoms with E-state index in [1.54, 1.807) is 0 Å². The summed E-state index contributed by atoms with van der Waals surface area (Å²) in [6.07, 6.45) is 16.3. The molecule has 2 aromatic carbocycles. The van der Waals surface area contributed by atoms with Gasteiger partial charge in [-0.25, -0.2) is 0 Å². The minimum Gasteiger partial charge on any atom is -0.457 e. The third kappa shape index (κ3) is 20.2. The summed E-state index contributed by atoms with van der Waals surface area (Å²) in [5.74, 6) is 1.74. The summed E-state index contributed by atoms with van der Waals surface area (Å²) in [7, 11) is -10.7. The number of halogens is 6. The van der Waals surface area contributed by atoms with Gasteiger partial charge in [0.1, 0.15) is 11.5 Å². The first-order valence-electron chi connectivity index (χ1n) is 8.99. The fourth-order valence-corrected chi connectivity index (χ4v) is 2.40. The molecule has 2 aliphatic carbocycles. The largest absolute Gasteiger partial charge is 0.457 e. The van der Waals surface area contributed by atoms with Gasteiger partial charge in [0.05, 0.1) is 0 Å². The van der Waals surface area contributed by atoms with Crippen LogP contribution < -0.4 is 4.74 Å². The molecule has 10 heteroatoms. The molecule has 0 heterocycles. The number of ether oxygens (including phenoxy) is 1. The van der Waals surface area contributed by atoms with Crippen LogP contribution in [0.4, 0.5) is 25.2 Å². The van der Waals surface area contributed by atoms with E-state index in [0.717, 1.165) is 11.5 Å². The van der Waals surface area contributed by atoms with Gasteiger partial charge in [-0.05, 0) is 24.3 Å². The molecule has 0 amide bonds. The first-order valence-corrected chi connectivity index (χ1v) is 12.3. The van der Waals surface area contributed by atoms with E-state index in [9.17, 15) is 25.2 Å². The van der Waals surface area contributed by atoms with E-state index >= 15 is 0 Å². The number of hydrogen-bond donors (Lipinski definition) is 0. The van der Waals surface area contributed by atoms with E-state index < -0.39 is 7.81 Å². The smallest absolute Gasteiger partial charge is 0.127 e. The summed E-state index contributed by atoms with van der Waals surface area (Å²) in [5.41, 5.74) is 0. The molecular formula is C22H20F6Fe2OP-. The van der Waals surface area contributed by atoms with E-state index in [4.69, 9.17) is 4.74 Å². The molecule has 4 rings (SSSR count). The SMILES string of the molecule is F[P-](F)(F)(F)(F)F.[Fe][CH]1C=CC=C1.[Fe][CH]1C=CC=C1.c1ccc(Oc2ccccc2)cc1. The van der Waals surface area contributed by atoms with Crippen LogP contribution in [0.25, 0.3) is 0 Å². The minimum absolute atomic E-state index is 0.435. The maximum absolute atomic E-state index is 10.7. The molecule has 0 radical (unpaired) electrons. The van der Waals surface area contributed by atoms with Crippen molar-refractivity contribution in [3.63, 3.8) is 0 Å². The second-order valence-electron chi connectivity index (χ2n) is 6.08. The van der Waals surface area contributed by atoms with Crippen molar-refractivity contribution in [2.45, 2.75) is 9.63 Å². The minimum atomic E-state index is -10.7. The average Bonchev–Trinajstić information content (AvgIpc) is 3.35. The van der Waals surface area contributed by atoms with E-state index in [1.807, 2.05) is 85.0 Å². The summed E-state index contributed by atoms with van der Waals surface area (Å²) in [6.45, 7) is 0. The average molecular weight is 557 g/mol. The van der Waals surface area contributed by atoms with Crippen molar-refractivity contribution in [2.75, 3.05) is 0 Å². The topological polar surface area (TPSA) is 9.23 Å². The van der Waals surface area contributed by atoms with E-state index in [1.165, 1.54) is 0 Å². The Morgan fingerprint density at radius 1 is 0.531 bits per heavy atom. The Balaban J connectivity index is 0.000000230. The maximum atomic E-state index is 9.87. The molecule has 0 saturated heterocycles. The first-order chi connectivity index (χ1) is 14.7. The Labute approximate surface area is 199 Å². The third-order valence-corrected chi connectivity index (χ3v) is 3.96. The predicted molar refractivity (Wildman–Crippen MR) is 111 cm³/mol. The van der Waals surface area contributed by atoms with Crippen LogP contribution in [0.5, 0.6) is 11.5 Å². The van der Waals surface area contributed by atoms with Crippen molar-refractivity contribution in [3.05, 3.63) is 109 Å². The predicted octanol–water partition coefficient (Wildman–Crippen LogP) is 9.76. The standard InChI is InChI=1S/C12H10O.2C5H5.F6P.2Fe/c1-3-7-11(8-4-1)13-12-9-5-2-6-10-12;2*1-2-4-5-3-1;1-7(2,3,4,5)6;;/h1-10H;2*1-5H;;;/q;;;-1;;. The van der Waals surface area contributed by atoms with Gasteiger partial charge in [-0.2, -0.15) is 0 Å². The van der Waals surface area contributed by atoms with Gasteiger partial charge in [0, 0.05) is 0 Å². The van der Waals surface area contributed by atoms with Crippen LogP contribution in [-0.4, -0.2) is 0 Å². The van der Waals surface area contributed by atoms with Crippen molar-refractivity contribution >= 4 is 7.81 Å². The van der Waals surface area contributed by atoms with Crippen LogP contribution in [0.1, 0.15) is 0 Å². The van der Waals surface area contributed by atoms with Crippen LogP contribution in [-0.2, 0) is 32.0 Å². The number of hydrogen-bond acceptors (Lipinski definition) is 1. The van der Waals surface area contributed by atoms with Gasteiger partial charge >= 0.3 is 123 Å². The Morgan fingerprint density at radius 3 is 0.969 bits per heavy atom. The summed E-state index contributed by atoms with van der Waals surface area (Å²) < 4.78 is 64.8. The molecule has 0 spiro atoms.